The average molecular weight is 332 g/mol. The number of nitrogens with one attached hydrogen (secondary N) is 1. The van der Waals surface area contributed by atoms with Gasteiger partial charge in [-0.2, -0.15) is 0 Å². The van der Waals surface area contributed by atoms with Gasteiger partial charge in [0.1, 0.15) is 0 Å². The zero-order valence-electron chi connectivity index (χ0n) is 14.5. The van der Waals surface area contributed by atoms with Gasteiger partial charge in [0.25, 0.3) is 0 Å². The average Bonchev–Trinajstić information content (AvgIpc) is 3.27. The van der Waals surface area contributed by atoms with E-state index in [4.69, 9.17) is 4.42 Å². The number of Topliss-reactive ketones (excluding diaryl/α,β-unsaturated/α-hetero) is 1. The Bertz CT molecular complexity index is 549. The van der Waals surface area contributed by atoms with Gasteiger partial charge in [0, 0.05) is 25.0 Å². The molecule has 1 saturated heterocycles. The van der Waals surface area contributed by atoms with E-state index in [2.05, 4.69) is 10.2 Å². The molecule has 132 valence electrons. The van der Waals surface area contributed by atoms with Crippen LogP contribution in [0, 0.1) is 5.92 Å². The number of nitrogens with zero attached hydrogens (tertiary/aromatic N) is 1. The molecule has 0 spiro atoms. The number of rotatable bonds is 6. The quantitative estimate of drug-likeness (QED) is 0.814. The lowest BCUT2D eigenvalue weighted by atomic mass is 9.94. The molecule has 0 aromatic carbocycles. The highest BCUT2D eigenvalue weighted by Crippen LogP contribution is 2.27. The molecule has 5 nitrogen and oxygen atoms in total. The minimum Gasteiger partial charge on any atom is -0.461 e. The molecular formula is C19H28N2O3. The van der Waals surface area contributed by atoms with Crippen LogP contribution in [0.1, 0.15) is 62.4 Å². The fraction of sp³-hybridized carbons (Fsp3) is 0.684. The van der Waals surface area contributed by atoms with Gasteiger partial charge >= 0.3 is 0 Å². The molecule has 1 saturated carbocycles. The second-order valence-corrected chi connectivity index (χ2v) is 7.29. The van der Waals surface area contributed by atoms with E-state index in [-0.39, 0.29) is 30.1 Å². The van der Waals surface area contributed by atoms with E-state index in [1.54, 1.807) is 12.1 Å². The Morgan fingerprint density at radius 2 is 2.08 bits per heavy atom. The van der Waals surface area contributed by atoms with E-state index in [9.17, 15) is 9.59 Å². The normalized spacial score (nSPS) is 24.0. The smallest absolute Gasteiger partial charge is 0.224 e. The molecule has 2 aliphatic rings. The third-order valence-electron chi connectivity index (χ3n) is 5.36. The summed E-state index contributed by atoms with van der Waals surface area (Å²) in [6.45, 7) is 3.78. The molecule has 1 aliphatic carbocycles. The van der Waals surface area contributed by atoms with Crippen molar-refractivity contribution < 1.29 is 14.0 Å². The summed E-state index contributed by atoms with van der Waals surface area (Å²) in [5.74, 6) is 0.449. The number of hydrogen-bond acceptors (Lipinski definition) is 4. The minimum atomic E-state index is -0.168. The minimum absolute atomic E-state index is 0.0630. The van der Waals surface area contributed by atoms with Gasteiger partial charge < -0.3 is 9.73 Å². The van der Waals surface area contributed by atoms with E-state index in [0.29, 0.717) is 11.8 Å². The predicted octanol–water partition coefficient (Wildman–Crippen LogP) is 3.01. The van der Waals surface area contributed by atoms with Crippen molar-refractivity contribution in [3.63, 3.8) is 0 Å². The maximum absolute atomic E-state index is 12.5. The number of likely N-dealkylation sites (tertiary alicyclic amines) is 1. The van der Waals surface area contributed by atoms with Crippen molar-refractivity contribution in [1.29, 1.82) is 0 Å². The molecule has 1 aromatic rings. The summed E-state index contributed by atoms with van der Waals surface area (Å²) in [6, 6.07) is 3.87. The van der Waals surface area contributed by atoms with Crippen LogP contribution in [0.2, 0.25) is 0 Å². The number of amides is 1. The first kappa shape index (κ1) is 17.2. The Hall–Kier alpha value is -1.62. The van der Waals surface area contributed by atoms with E-state index in [1.165, 1.54) is 38.4 Å². The number of hydrogen-bond donors (Lipinski definition) is 1. The topological polar surface area (TPSA) is 62.6 Å². The van der Waals surface area contributed by atoms with E-state index >= 15 is 0 Å². The van der Waals surface area contributed by atoms with Crippen molar-refractivity contribution in [2.45, 2.75) is 64.0 Å². The van der Waals surface area contributed by atoms with Gasteiger partial charge in [-0.25, -0.2) is 0 Å². The molecular weight excluding hydrogens is 304 g/mol. The van der Waals surface area contributed by atoms with Gasteiger partial charge in [-0.15, -0.1) is 0 Å². The van der Waals surface area contributed by atoms with Gasteiger partial charge in [-0.1, -0.05) is 19.3 Å². The Morgan fingerprint density at radius 1 is 1.29 bits per heavy atom. The second kappa shape index (κ2) is 7.97. The van der Waals surface area contributed by atoms with E-state index in [0.717, 1.165) is 19.5 Å². The largest absolute Gasteiger partial charge is 0.461 e. The summed E-state index contributed by atoms with van der Waals surface area (Å²) in [5.41, 5.74) is 0. The summed E-state index contributed by atoms with van der Waals surface area (Å²) in [4.78, 5) is 27.0. The summed E-state index contributed by atoms with van der Waals surface area (Å²) in [6.07, 6.45) is 9.27. The van der Waals surface area contributed by atoms with Crippen molar-refractivity contribution in [3.05, 3.63) is 24.2 Å². The first-order valence-corrected chi connectivity index (χ1v) is 9.24. The van der Waals surface area contributed by atoms with Crippen LogP contribution in [-0.2, 0) is 4.79 Å². The molecule has 24 heavy (non-hydrogen) atoms. The highest BCUT2D eigenvalue weighted by atomic mass is 16.3. The molecule has 1 aromatic heterocycles. The van der Waals surface area contributed by atoms with Gasteiger partial charge in [0.15, 0.2) is 11.5 Å². The fourth-order valence-electron chi connectivity index (χ4n) is 4.01. The summed E-state index contributed by atoms with van der Waals surface area (Å²) >= 11 is 0. The van der Waals surface area contributed by atoms with Crippen LogP contribution >= 0.6 is 0 Å². The lowest BCUT2D eigenvalue weighted by molar-refractivity contribution is -0.125. The maximum atomic E-state index is 12.5. The van der Waals surface area contributed by atoms with Crippen LogP contribution in [0.15, 0.2) is 22.8 Å². The van der Waals surface area contributed by atoms with Crippen molar-refractivity contribution in [2.24, 2.45) is 5.92 Å². The lowest BCUT2D eigenvalue weighted by Gasteiger charge is -2.31. The van der Waals surface area contributed by atoms with Crippen molar-refractivity contribution in [2.75, 3.05) is 13.1 Å². The molecule has 2 atom stereocenters. The Kier molecular flexibility index (Phi) is 5.72. The predicted molar refractivity (Wildman–Crippen MR) is 91.8 cm³/mol. The number of ketones is 1. The Morgan fingerprint density at radius 3 is 2.79 bits per heavy atom. The third-order valence-corrected chi connectivity index (χ3v) is 5.36. The number of carbonyl (C=O) groups excluding carboxylic acids is 2. The van der Waals surface area contributed by atoms with E-state index < -0.39 is 0 Å². The molecule has 1 amide bonds. The first-order chi connectivity index (χ1) is 11.6. The number of carbonyl (C=O) groups is 2. The van der Waals surface area contributed by atoms with Crippen LogP contribution in [0.4, 0.5) is 0 Å². The lowest BCUT2D eigenvalue weighted by Crippen LogP contribution is -2.40. The second-order valence-electron chi connectivity index (χ2n) is 7.29. The highest BCUT2D eigenvalue weighted by molar-refractivity contribution is 5.94. The summed E-state index contributed by atoms with van der Waals surface area (Å²) in [5, 5.41) is 3.01. The molecule has 0 radical (unpaired) electrons. The SMILES string of the molecule is C[C@H](CC(=O)c1ccco1)NC(=O)[C@@H]1CCN(C2CCCCC2)C1. The molecule has 1 aliphatic heterocycles. The zero-order valence-corrected chi connectivity index (χ0v) is 14.5. The van der Waals surface area contributed by atoms with Crippen molar-refractivity contribution in [3.8, 4) is 0 Å². The van der Waals surface area contributed by atoms with Crippen LogP contribution in [0.25, 0.3) is 0 Å². The Balaban J connectivity index is 1.44. The molecule has 2 fully saturated rings. The molecule has 1 N–H and O–H groups in total. The maximum Gasteiger partial charge on any atom is 0.224 e. The monoisotopic (exact) mass is 332 g/mol. The highest BCUT2D eigenvalue weighted by Gasteiger charge is 2.33. The van der Waals surface area contributed by atoms with Crippen LogP contribution < -0.4 is 5.32 Å². The Labute approximate surface area is 143 Å². The standard InChI is InChI=1S/C19H28N2O3/c1-14(12-17(22)18-8-5-11-24-18)20-19(23)15-9-10-21(13-15)16-6-3-2-4-7-16/h5,8,11,14-16H,2-4,6-7,9-10,12-13H2,1H3,(H,20,23)/t14-,15-/m1/s1. The van der Waals surface area contributed by atoms with Crippen LogP contribution in [0.3, 0.4) is 0 Å². The van der Waals surface area contributed by atoms with Gasteiger partial charge in [0.2, 0.25) is 5.91 Å². The molecule has 0 bridgehead atoms. The van der Waals surface area contributed by atoms with Gasteiger partial charge in [0.05, 0.1) is 12.2 Å². The molecule has 3 rings (SSSR count). The van der Waals surface area contributed by atoms with Crippen LogP contribution in [-0.4, -0.2) is 41.8 Å². The third kappa shape index (κ3) is 4.26. The van der Waals surface area contributed by atoms with Crippen LogP contribution in [0.5, 0.6) is 0 Å². The molecule has 0 unspecified atom stereocenters. The van der Waals surface area contributed by atoms with Crippen molar-refractivity contribution in [1.82, 2.24) is 10.2 Å². The van der Waals surface area contributed by atoms with Crippen molar-refractivity contribution >= 4 is 11.7 Å². The molecule has 5 heteroatoms. The zero-order chi connectivity index (χ0) is 16.9. The van der Waals surface area contributed by atoms with Gasteiger partial charge in [-0.3, -0.25) is 14.5 Å². The molecule has 2 heterocycles. The summed E-state index contributed by atoms with van der Waals surface area (Å²) < 4.78 is 5.11. The fourth-order valence-corrected chi connectivity index (χ4v) is 4.01. The van der Waals surface area contributed by atoms with E-state index in [1.807, 2.05) is 6.92 Å². The first-order valence-electron chi connectivity index (χ1n) is 9.24. The number of furan rings is 1. The summed E-state index contributed by atoms with van der Waals surface area (Å²) in [7, 11) is 0. The van der Waals surface area contributed by atoms with Gasteiger partial charge in [-0.05, 0) is 44.9 Å².